The van der Waals surface area contributed by atoms with Crippen LogP contribution in [-0.4, -0.2) is 72.5 Å². The van der Waals surface area contributed by atoms with Crippen LogP contribution in [0, 0.1) is 0 Å². The first kappa shape index (κ1) is 20.5. The fourth-order valence-electron chi connectivity index (χ4n) is 3.43. The zero-order valence-corrected chi connectivity index (χ0v) is 17.8. The van der Waals surface area contributed by atoms with Crippen LogP contribution < -0.4 is 11.3 Å². The Labute approximate surface area is 182 Å². The van der Waals surface area contributed by atoms with Crippen LogP contribution in [0.1, 0.15) is 6.23 Å². The molecule has 2 radical (unpaired) electrons. The number of nitrogens with one attached hydrogen (secondary N) is 1. The number of aromatic nitrogens is 6. The van der Waals surface area contributed by atoms with Crippen LogP contribution in [0.25, 0.3) is 11.2 Å². The second-order valence-electron chi connectivity index (χ2n) is 6.69. The van der Waals surface area contributed by atoms with Crippen molar-refractivity contribution < 1.29 is 28.2 Å². The highest BCUT2D eigenvalue weighted by molar-refractivity contribution is 9.10. The van der Waals surface area contributed by atoms with Gasteiger partial charge in [-0.05, 0) is 15.9 Å². The number of halogens is 1. The number of hydrogen-bond donors (Lipinski definition) is 3. The van der Waals surface area contributed by atoms with Crippen LogP contribution in [0.3, 0.4) is 0 Å². The van der Waals surface area contributed by atoms with E-state index < -0.39 is 44.0 Å². The van der Waals surface area contributed by atoms with E-state index in [4.69, 9.17) is 31.8 Å². The molecule has 0 bridgehead atoms. The van der Waals surface area contributed by atoms with Crippen molar-refractivity contribution in [3.63, 3.8) is 0 Å². The van der Waals surface area contributed by atoms with E-state index in [1.54, 1.807) is 0 Å². The number of nitrogens with two attached hydrogens (primary N) is 1. The fraction of sp³-hybridized carbons (Fsp3) is 0.357. The summed E-state index contributed by atoms with van der Waals surface area (Å²) in [7, 11) is 2.01. The summed E-state index contributed by atoms with van der Waals surface area (Å²) >= 11 is 3.28. The Balaban J connectivity index is 1.59. The van der Waals surface area contributed by atoms with E-state index in [-0.39, 0.29) is 28.5 Å². The van der Waals surface area contributed by atoms with Crippen molar-refractivity contribution in [2.45, 2.75) is 24.5 Å². The number of anilines is 1. The molecule has 5 rings (SSSR count). The van der Waals surface area contributed by atoms with E-state index in [9.17, 15) is 14.5 Å². The van der Waals surface area contributed by atoms with Crippen LogP contribution in [0.4, 0.5) is 10.7 Å². The number of carbonyl (C=O) groups excluding carboxylic acids is 1. The lowest BCUT2D eigenvalue weighted by Gasteiger charge is -2.29. The second-order valence-corrected chi connectivity index (χ2v) is 8.99. The molecule has 0 aromatic carbocycles. The molecular formula is C14H13BBrN7O7P+. The van der Waals surface area contributed by atoms with Crippen LogP contribution in [0.2, 0.25) is 0 Å². The molecule has 2 unspecified atom stereocenters. The van der Waals surface area contributed by atoms with E-state index >= 15 is 0 Å². The third-order valence-corrected chi connectivity index (χ3v) is 6.34. The molecule has 31 heavy (non-hydrogen) atoms. The van der Waals surface area contributed by atoms with Crippen molar-refractivity contribution in [3.05, 3.63) is 33.8 Å². The molecule has 3 aromatic rings. The quantitative estimate of drug-likeness (QED) is 0.236. The Morgan fingerprint density at radius 1 is 1.48 bits per heavy atom. The van der Waals surface area contributed by atoms with Gasteiger partial charge in [0.2, 0.25) is 5.95 Å². The average Bonchev–Trinajstić information content (AvgIpc) is 3.40. The second kappa shape index (κ2) is 7.36. The molecular weight excluding hydrogens is 500 g/mol. The fourth-order valence-corrected chi connectivity index (χ4v) is 5.01. The van der Waals surface area contributed by atoms with Gasteiger partial charge in [-0.1, -0.05) is 0 Å². The van der Waals surface area contributed by atoms with Crippen molar-refractivity contribution in [2.24, 2.45) is 0 Å². The molecule has 3 aromatic heterocycles. The summed E-state index contributed by atoms with van der Waals surface area (Å²) in [5, 5.41) is 0. The number of fused-ring (bicyclic) bond motifs is 2. The van der Waals surface area contributed by atoms with Gasteiger partial charge in [-0.2, -0.15) is 14.0 Å². The molecule has 5 heterocycles. The summed E-state index contributed by atoms with van der Waals surface area (Å²) in [5.74, 6) is -0.143. The maximum atomic E-state index is 12.6. The average molecular weight is 513 g/mol. The number of aromatic amines is 1. The van der Waals surface area contributed by atoms with Crippen LogP contribution in [0.15, 0.2) is 28.2 Å². The summed E-state index contributed by atoms with van der Waals surface area (Å²) in [6.45, 7) is -0.110. The maximum absolute atomic E-state index is 12.6. The zero-order chi connectivity index (χ0) is 21.9. The molecule has 2 aliphatic rings. The number of imidazole rings is 2. The van der Waals surface area contributed by atoms with E-state index in [1.807, 2.05) is 0 Å². The van der Waals surface area contributed by atoms with Crippen LogP contribution in [-0.2, 0) is 18.5 Å². The first-order valence-electron chi connectivity index (χ1n) is 8.74. The Morgan fingerprint density at radius 2 is 2.29 bits per heavy atom. The third kappa shape index (κ3) is 3.54. The molecule has 14 nitrogen and oxygen atoms in total. The molecule has 0 aliphatic carbocycles. The van der Waals surface area contributed by atoms with Gasteiger partial charge in [0.05, 0.1) is 0 Å². The number of rotatable bonds is 2. The highest BCUT2D eigenvalue weighted by atomic mass is 79.9. The minimum atomic E-state index is -3.64. The van der Waals surface area contributed by atoms with Gasteiger partial charge in [-0.15, -0.1) is 0 Å². The summed E-state index contributed by atoms with van der Waals surface area (Å²) in [6.07, 6.45) is -0.654. The van der Waals surface area contributed by atoms with Gasteiger partial charge in [0, 0.05) is 12.4 Å². The number of carbonyl (C=O) groups is 1. The van der Waals surface area contributed by atoms with Gasteiger partial charge in [0.25, 0.3) is 5.56 Å². The SMILES string of the molecule is [B][P+]1(O)OC[C@H]2O[C@@H](n3c(Br)nc4c(=O)[nH]c(N)nc43)C(OC(=O)n3ccnc3)[C@H]2O1. The minimum Gasteiger partial charge on any atom is -0.438 e. The highest BCUT2D eigenvalue weighted by Gasteiger charge is 2.59. The standard InChI is InChI=1S/C14H13BBrN7O7P/c15-31(26)27-3-5-7(30-31)8(29-14(25)22-2-1-18-4-22)11(28-5)23-9-6(19-12(23)16)10(24)21-13(17)20-9/h1-2,4-5,7-8,11,26H,3H2,(H3,17,20,21,24)/q+1/t5-,7+,8?,11-,31?/m1/s1. The Kier molecular flexibility index (Phi) is 4.88. The van der Waals surface area contributed by atoms with Crippen molar-refractivity contribution in [3.8, 4) is 0 Å². The normalized spacial score (nSPS) is 30.4. The summed E-state index contributed by atoms with van der Waals surface area (Å²) in [6, 6.07) is 0. The Hall–Kier alpha value is -2.36. The van der Waals surface area contributed by atoms with E-state index in [1.165, 1.54) is 23.3 Å². The smallest absolute Gasteiger partial charge is 0.438 e. The van der Waals surface area contributed by atoms with Crippen molar-refractivity contribution in [1.29, 1.82) is 0 Å². The zero-order valence-electron chi connectivity index (χ0n) is 15.4. The van der Waals surface area contributed by atoms with Gasteiger partial charge >= 0.3 is 21.5 Å². The molecule has 2 fully saturated rings. The number of hydrogen-bond acceptors (Lipinski definition) is 11. The van der Waals surface area contributed by atoms with Crippen LogP contribution >= 0.6 is 23.8 Å². The summed E-state index contributed by atoms with van der Waals surface area (Å²) < 4.78 is 24.9. The van der Waals surface area contributed by atoms with Gasteiger partial charge in [0.1, 0.15) is 19.0 Å². The molecule has 5 atom stereocenters. The highest BCUT2D eigenvalue weighted by Crippen LogP contribution is 2.59. The maximum Gasteiger partial charge on any atom is 0.488 e. The predicted molar refractivity (Wildman–Crippen MR) is 108 cm³/mol. The van der Waals surface area contributed by atoms with Crippen molar-refractivity contribution >= 4 is 54.5 Å². The van der Waals surface area contributed by atoms with Gasteiger partial charge in [0.15, 0.2) is 34.3 Å². The summed E-state index contributed by atoms with van der Waals surface area (Å²) in [5.41, 5.74) is 5.19. The first-order chi connectivity index (χ1) is 14.7. The lowest BCUT2D eigenvalue weighted by atomic mass is 10.1. The molecule has 2 aliphatic heterocycles. The molecule has 0 spiro atoms. The third-order valence-electron chi connectivity index (χ3n) is 4.71. The Morgan fingerprint density at radius 3 is 3.03 bits per heavy atom. The lowest BCUT2D eigenvalue weighted by Crippen LogP contribution is -2.43. The van der Waals surface area contributed by atoms with Crippen LogP contribution in [0.5, 0.6) is 0 Å². The Bertz CT molecular complexity index is 1220. The molecule has 0 saturated carbocycles. The monoisotopic (exact) mass is 512 g/mol. The number of H-pyrrole nitrogens is 1. The number of ether oxygens (including phenoxy) is 2. The van der Waals surface area contributed by atoms with Gasteiger partial charge in [-0.25, -0.2) is 24.2 Å². The van der Waals surface area contributed by atoms with E-state index in [0.717, 1.165) is 4.57 Å². The molecule has 0 amide bonds. The van der Waals surface area contributed by atoms with E-state index in [2.05, 4.69) is 35.9 Å². The predicted octanol–water partition coefficient (Wildman–Crippen LogP) is -0.135. The van der Waals surface area contributed by atoms with Gasteiger partial charge in [-0.3, -0.25) is 14.3 Å². The topological polar surface area (TPSA) is 182 Å². The molecule has 160 valence electrons. The molecule has 17 heteroatoms. The number of nitrogens with zero attached hydrogens (tertiary/aromatic N) is 5. The minimum absolute atomic E-state index is 0.0146. The lowest BCUT2D eigenvalue weighted by molar-refractivity contribution is -0.0613. The van der Waals surface area contributed by atoms with Crippen molar-refractivity contribution in [1.82, 2.24) is 29.1 Å². The van der Waals surface area contributed by atoms with Gasteiger partial charge < -0.3 is 15.2 Å². The summed E-state index contributed by atoms with van der Waals surface area (Å²) in [4.78, 5) is 49.4. The molecule has 4 N–H and O–H groups in total. The van der Waals surface area contributed by atoms with Crippen molar-refractivity contribution in [2.75, 3.05) is 12.3 Å². The first-order valence-corrected chi connectivity index (χ1v) is 11.2. The number of nitrogen functional groups attached to an aromatic ring is 1. The largest absolute Gasteiger partial charge is 0.488 e. The molecule has 2 saturated heterocycles. The van der Waals surface area contributed by atoms with E-state index in [0.29, 0.717) is 0 Å².